The third-order valence-electron chi connectivity index (χ3n) is 5.78. The zero-order valence-electron chi connectivity index (χ0n) is 18.0. The van der Waals surface area contributed by atoms with Crippen molar-refractivity contribution in [2.45, 2.75) is 24.5 Å². The molecule has 160 valence electrons. The highest BCUT2D eigenvalue weighted by atomic mass is 32.2. The molecule has 1 aromatic carbocycles. The molecule has 29 heavy (non-hydrogen) atoms. The number of nitrogens with zero attached hydrogens (tertiary/aromatic N) is 3. The van der Waals surface area contributed by atoms with Crippen LogP contribution in [-0.4, -0.2) is 85.8 Å². The van der Waals surface area contributed by atoms with Crippen molar-refractivity contribution < 1.29 is 4.74 Å². The molecular weight excluding hydrogens is 380 g/mol. The summed E-state index contributed by atoms with van der Waals surface area (Å²) in [5, 5.41) is 3.68. The van der Waals surface area contributed by atoms with Gasteiger partial charge in [0.15, 0.2) is 5.96 Å². The summed E-state index contributed by atoms with van der Waals surface area (Å²) in [7, 11) is 1.90. The van der Waals surface area contributed by atoms with Gasteiger partial charge in [0, 0.05) is 64.3 Å². The topological polar surface area (TPSA) is 40.1 Å². The number of ether oxygens (including phenoxy) is 1. The van der Waals surface area contributed by atoms with E-state index in [-0.39, 0.29) is 4.75 Å². The van der Waals surface area contributed by atoms with Crippen molar-refractivity contribution in [1.29, 1.82) is 0 Å². The lowest BCUT2D eigenvalue weighted by Crippen LogP contribution is -2.54. The van der Waals surface area contributed by atoms with Crippen molar-refractivity contribution in [3.63, 3.8) is 0 Å². The fourth-order valence-corrected chi connectivity index (χ4v) is 5.28. The largest absolute Gasteiger partial charge is 0.381 e. The lowest BCUT2D eigenvalue weighted by Gasteiger charge is -2.40. The van der Waals surface area contributed by atoms with Crippen molar-refractivity contribution in [3.8, 4) is 0 Å². The first kappa shape index (κ1) is 22.2. The fourth-order valence-electron chi connectivity index (χ4n) is 4.04. The molecule has 1 N–H and O–H groups in total. The molecule has 3 rings (SSSR count). The second-order valence-electron chi connectivity index (χ2n) is 7.73. The molecule has 2 saturated heterocycles. The van der Waals surface area contributed by atoms with Crippen molar-refractivity contribution in [3.05, 3.63) is 42.0 Å². The molecule has 0 radical (unpaired) electrons. The summed E-state index contributed by atoms with van der Waals surface area (Å²) in [5.41, 5.74) is 1.27. The van der Waals surface area contributed by atoms with Crippen LogP contribution < -0.4 is 5.32 Å². The molecule has 0 atom stereocenters. The Bertz CT molecular complexity index is 645. The van der Waals surface area contributed by atoms with E-state index in [1.165, 1.54) is 5.56 Å². The molecule has 2 fully saturated rings. The maximum Gasteiger partial charge on any atom is 0.193 e. The van der Waals surface area contributed by atoms with Gasteiger partial charge in [0.1, 0.15) is 0 Å². The third kappa shape index (κ3) is 6.76. The summed E-state index contributed by atoms with van der Waals surface area (Å²) in [4.78, 5) is 9.49. The standard InChI is InChI=1S/C23H36N4OS/c1-3-29-23(11-18-28-19-12-23)20-25-22(24-2)27-16-14-26(15-17-27)13-7-10-21-8-5-4-6-9-21/h4-10H,3,11-20H2,1-2H3,(H,24,25)/b10-7+. The second-order valence-corrected chi connectivity index (χ2v) is 9.46. The van der Waals surface area contributed by atoms with Crippen LogP contribution in [-0.2, 0) is 4.74 Å². The summed E-state index contributed by atoms with van der Waals surface area (Å²) < 4.78 is 5.88. The van der Waals surface area contributed by atoms with E-state index in [2.05, 4.69) is 81.3 Å². The monoisotopic (exact) mass is 416 g/mol. The maximum absolute atomic E-state index is 5.60. The van der Waals surface area contributed by atoms with Crippen LogP contribution in [0.5, 0.6) is 0 Å². The van der Waals surface area contributed by atoms with E-state index in [4.69, 9.17) is 4.74 Å². The number of hydrogen-bond acceptors (Lipinski definition) is 4. The Morgan fingerprint density at radius 1 is 1.17 bits per heavy atom. The van der Waals surface area contributed by atoms with Crippen LogP contribution >= 0.6 is 11.8 Å². The second kappa shape index (κ2) is 11.6. The van der Waals surface area contributed by atoms with Gasteiger partial charge >= 0.3 is 0 Å². The van der Waals surface area contributed by atoms with Crippen LogP contribution in [0.4, 0.5) is 0 Å². The summed E-state index contributed by atoms with van der Waals surface area (Å²) in [6.07, 6.45) is 6.73. The number of aliphatic imine (C=N–C) groups is 1. The zero-order valence-corrected chi connectivity index (χ0v) is 18.8. The normalized spacial score (nSPS) is 20.9. The third-order valence-corrected chi connectivity index (χ3v) is 7.23. The average Bonchev–Trinajstić information content (AvgIpc) is 2.77. The molecule has 0 saturated carbocycles. The van der Waals surface area contributed by atoms with Crippen LogP contribution in [0.15, 0.2) is 41.4 Å². The predicted octanol–water partition coefficient (Wildman–Crippen LogP) is 3.20. The van der Waals surface area contributed by atoms with E-state index in [1.807, 2.05) is 7.05 Å². The molecule has 0 bridgehead atoms. The first-order valence-corrected chi connectivity index (χ1v) is 11.8. The minimum atomic E-state index is 0.285. The number of rotatable bonds is 7. The smallest absolute Gasteiger partial charge is 0.193 e. The molecule has 0 unspecified atom stereocenters. The van der Waals surface area contributed by atoms with Crippen molar-refractivity contribution in [2.24, 2.45) is 4.99 Å². The number of hydrogen-bond donors (Lipinski definition) is 1. The van der Waals surface area contributed by atoms with Crippen molar-refractivity contribution in [1.82, 2.24) is 15.1 Å². The highest BCUT2D eigenvalue weighted by Crippen LogP contribution is 2.34. The van der Waals surface area contributed by atoms with Gasteiger partial charge in [-0.2, -0.15) is 11.8 Å². The Hall–Kier alpha value is -1.50. The van der Waals surface area contributed by atoms with Gasteiger partial charge in [0.25, 0.3) is 0 Å². The molecule has 0 spiro atoms. The molecule has 2 aliphatic rings. The molecule has 2 heterocycles. The fraction of sp³-hybridized carbons (Fsp3) is 0.609. The van der Waals surface area contributed by atoms with Crippen molar-refractivity contribution >= 4 is 23.8 Å². The molecule has 6 heteroatoms. The molecule has 0 aromatic heterocycles. The number of benzene rings is 1. The van der Waals surface area contributed by atoms with Gasteiger partial charge in [0.05, 0.1) is 0 Å². The van der Waals surface area contributed by atoms with Gasteiger partial charge in [-0.3, -0.25) is 9.89 Å². The minimum Gasteiger partial charge on any atom is -0.381 e. The van der Waals surface area contributed by atoms with Crippen LogP contribution in [0, 0.1) is 0 Å². The molecule has 0 amide bonds. The molecule has 0 aliphatic carbocycles. The summed E-state index contributed by atoms with van der Waals surface area (Å²) >= 11 is 2.07. The summed E-state index contributed by atoms with van der Waals surface area (Å²) in [6.45, 7) is 10.2. The van der Waals surface area contributed by atoms with Gasteiger partial charge in [-0.15, -0.1) is 0 Å². The Labute approximate surface area is 180 Å². The summed E-state index contributed by atoms with van der Waals surface area (Å²) in [5.74, 6) is 2.20. The van der Waals surface area contributed by atoms with E-state index in [0.29, 0.717) is 0 Å². The minimum absolute atomic E-state index is 0.285. The number of piperazine rings is 1. The lowest BCUT2D eigenvalue weighted by atomic mass is 9.99. The van der Waals surface area contributed by atoms with Gasteiger partial charge < -0.3 is 15.0 Å². The SMILES string of the molecule is CCSC1(CNC(=NC)N2CCN(C/C=C/c3ccccc3)CC2)CCOCC1. The van der Waals surface area contributed by atoms with E-state index in [9.17, 15) is 0 Å². The number of guanidine groups is 1. The van der Waals surface area contributed by atoms with E-state index < -0.39 is 0 Å². The first-order valence-electron chi connectivity index (χ1n) is 10.9. The molecule has 1 aromatic rings. The Balaban J connectivity index is 1.44. The van der Waals surface area contributed by atoms with Crippen LogP contribution in [0.25, 0.3) is 6.08 Å². The zero-order chi connectivity index (χ0) is 20.4. The summed E-state index contributed by atoms with van der Waals surface area (Å²) in [6, 6.07) is 10.5. The Morgan fingerprint density at radius 2 is 1.90 bits per heavy atom. The molecule has 2 aliphatic heterocycles. The van der Waals surface area contributed by atoms with Crippen LogP contribution in [0.1, 0.15) is 25.3 Å². The maximum atomic E-state index is 5.60. The van der Waals surface area contributed by atoms with E-state index in [1.54, 1.807) is 0 Å². The van der Waals surface area contributed by atoms with Crippen LogP contribution in [0.2, 0.25) is 0 Å². The lowest BCUT2D eigenvalue weighted by molar-refractivity contribution is 0.0779. The van der Waals surface area contributed by atoms with E-state index in [0.717, 1.165) is 77.0 Å². The van der Waals surface area contributed by atoms with Gasteiger partial charge in [-0.25, -0.2) is 0 Å². The first-order chi connectivity index (χ1) is 14.2. The van der Waals surface area contributed by atoms with Gasteiger partial charge in [-0.05, 0) is 24.2 Å². The van der Waals surface area contributed by atoms with Crippen molar-refractivity contribution in [2.75, 3.05) is 65.3 Å². The van der Waals surface area contributed by atoms with Gasteiger partial charge in [-0.1, -0.05) is 49.4 Å². The quantitative estimate of drug-likeness (QED) is 0.546. The molecular formula is C23H36N4OS. The average molecular weight is 417 g/mol. The Morgan fingerprint density at radius 3 is 2.55 bits per heavy atom. The van der Waals surface area contributed by atoms with Gasteiger partial charge in [0.2, 0.25) is 0 Å². The predicted molar refractivity (Wildman–Crippen MR) is 126 cm³/mol. The highest BCUT2D eigenvalue weighted by Gasteiger charge is 2.33. The highest BCUT2D eigenvalue weighted by molar-refractivity contribution is 8.00. The van der Waals surface area contributed by atoms with Crippen LogP contribution in [0.3, 0.4) is 0 Å². The molecule has 5 nitrogen and oxygen atoms in total. The number of nitrogens with one attached hydrogen (secondary N) is 1. The number of thioether (sulfide) groups is 1. The Kier molecular flexibility index (Phi) is 8.90. The van der Waals surface area contributed by atoms with E-state index >= 15 is 0 Å².